The second-order valence-electron chi connectivity index (χ2n) is 7.10. The van der Waals surface area contributed by atoms with Crippen LogP contribution in [0.25, 0.3) is 11.3 Å². The molecule has 8 nitrogen and oxygen atoms in total. The molecule has 33 heavy (non-hydrogen) atoms. The van der Waals surface area contributed by atoms with Crippen molar-refractivity contribution in [2.24, 2.45) is 0 Å². The Morgan fingerprint density at radius 1 is 1.15 bits per heavy atom. The van der Waals surface area contributed by atoms with Crippen molar-refractivity contribution in [1.82, 2.24) is 9.71 Å². The fourth-order valence-electron chi connectivity index (χ4n) is 3.07. The summed E-state index contributed by atoms with van der Waals surface area (Å²) in [5.74, 6) is 0.790. The van der Waals surface area contributed by atoms with Gasteiger partial charge in [0.2, 0.25) is 10.0 Å². The molecule has 2 aromatic heterocycles. The molecule has 0 spiro atoms. The van der Waals surface area contributed by atoms with Crippen molar-refractivity contribution in [2.45, 2.75) is 18.4 Å². The molecule has 0 radical (unpaired) electrons. The van der Waals surface area contributed by atoms with Crippen LogP contribution in [0.5, 0.6) is 5.75 Å². The Balaban J connectivity index is 1.49. The molecule has 2 aromatic carbocycles. The normalized spacial score (nSPS) is 11.3. The Bertz CT molecular complexity index is 1360. The number of nitrogens with zero attached hydrogens (tertiary/aromatic N) is 1. The van der Waals surface area contributed by atoms with Crippen LogP contribution in [-0.4, -0.2) is 26.4 Å². The van der Waals surface area contributed by atoms with E-state index in [4.69, 9.17) is 9.15 Å². The third-order valence-corrected chi connectivity index (χ3v) is 7.05. The maximum Gasteiger partial charge on any atom is 0.257 e. The molecule has 10 heteroatoms. The smallest absolute Gasteiger partial charge is 0.257 e. The van der Waals surface area contributed by atoms with Gasteiger partial charge in [0.25, 0.3) is 5.91 Å². The van der Waals surface area contributed by atoms with E-state index >= 15 is 0 Å². The lowest BCUT2D eigenvalue weighted by Gasteiger charge is -2.10. The average molecular weight is 484 g/mol. The number of anilines is 1. The van der Waals surface area contributed by atoms with Gasteiger partial charge >= 0.3 is 0 Å². The van der Waals surface area contributed by atoms with Gasteiger partial charge in [-0.2, -0.15) is 0 Å². The molecule has 4 rings (SSSR count). The van der Waals surface area contributed by atoms with Crippen molar-refractivity contribution in [1.29, 1.82) is 0 Å². The van der Waals surface area contributed by atoms with Gasteiger partial charge in [0.15, 0.2) is 5.13 Å². The molecule has 170 valence electrons. The molecule has 1 amide bonds. The highest BCUT2D eigenvalue weighted by atomic mass is 32.2. The zero-order valence-electron chi connectivity index (χ0n) is 17.9. The molecule has 0 atom stereocenters. The Kier molecular flexibility index (Phi) is 6.59. The summed E-state index contributed by atoms with van der Waals surface area (Å²) in [5, 5.41) is 5.01. The first-order chi connectivity index (χ1) is 15.9. The van der Waals surface area contributed by atoms with Crippen LogP contribution in [0.2, 0.25) is 0 Å². The third-order valence-electron chi connectivity index (χ3n) is 4.89. The first-order valence-electron chi connectivity index (χ1n) is 9.90. The summed E-state index contributed by atoms with van der Waals surface area (Å²) in [7, 11) is -2.23. The van der Waals surface area contributed by atoms with Crippen molar-refractivity contribution in [3.63, 3.8) is 0 Å². The van der Waals surface area contributed by atoms with Crippen molar-refractivity contribution >= 4 is 32.4 Å². The molecule has 2 heterocycles. The topological polar surface area (TPSA) is 111 Å². The van der Waals surface area contributed by atoms with Gasteiger partial charge in [0, 0.05) is 16.5 Å². The van der Waals surface area contributed by atoms with E-state index in [1.807, 2.05) is 29.6 Å². The Morgan fingerprint density at radius 2 is 1.94 bits per heavy atom. The quantitative estimate of drug-likeness (QED) is 0.383. The third kappa shape index (κ3) is 5.30. The molecule has 0 aliphatic rings. The largest absolute Gasteiger partial charge is 0.497 e. The number of aryl methyl sites for hydroxylation is 1. The fraction of sp³-hybridized carbons (Fsp3) is 0.130. The number of amides is 1. The van der Waals surface area contributed by atoms with E-state index in [-0.39, 0.29) is 17.0 Å². The predicted octanol–water partition coefficient (Wildman–Crippen LogP) is 4.45. The molecule has 0 saturated heterocycles. The van der Waals surface area contributed by atoms with Gasteiger partial charge in [-0.25, -0.2) is 18.1 Å². The maximum atomic E-state index is 12.9. The van der Waals surface area contributed by atoms with Crippen molar-refractivity contribution in [3.05, 3.63) is 83.1 Å². The minimum atomic E-state index is -3.83. The molecular weight excluding hydrogens is 462 g/mol. The molecule has 0 fully saturated rings. The molecule has 0 saturated carbocycles. The summed E-state index contributed by atoms with van der Waals surface area (Å²) in [6, 6.07) is 15.2. The number of rotatable bonds is 8. The summed E-state index contributed by atoms with van der Waals surface area (Å²) in [4.78, 5) is 17.4. The molecule has 0 aliphatic carbocycles. The van der Waals surface area contributed by atoms with Gasteiger partial charge in [-0.05, 0) is 61.0 Å². The van der Waals surface area contributed by atoms with E-state index in [0.717, 1.165) is 11.3 Å². The van der Waals surface area contributed by atoms with E-state index in [0.29, 0.717) is 22.1 Å². The van der Waals surface area contributed by atoms with E-state index in [1.165, 1.54) is 29.7 Å². The van der Waals surface area contributed by atoms with E-state index in [1.54, 1.807) is 32.2 Å². The van der Waals surface area contributed by atoms with Crippen LogP contribution in [0.4, 0.5) is 5.13 Å². The van der Waals surface area contributed by atoms with Crippen LogP contribution < -0.4 is 14.8 Å². The lowest BCUT2D eigenvalue weighted by Crippen LogP contribution is -2.24. The highest BCUT2D eigenvalue weighted by Crippen LogP contribution is 2.27. The molecule has 4 aromatic rings. The minimum Gasteiger partial charge on any atom is -0.497 e. The second-order valence-corrected chi connectivity index (χ2v) is 9.73. The Morgan fingerprint density at radius 3 is 2.64 bits per heavy atom. The number of aromatic nitrogens is 1. The summed E-state index contributed by atoms with van der Waals surface area (Å²) >= 11 is 1.28. The number of methoxy groups -OCH3 is 1. The maximum absolute atomic E-state index is 12.9. The number of sulfonamides is 1. The fourth-order valence-corrected chi connectivity index (χ4v) is 4.80. The summed E-state index contributed by atoms with van der Waals surface area (Å²) in [6.07, 6.45) is 1.47. The highest BCUT2D eigenvalue weighted by molar-refractivity contribution is 7.89. The number of hydrogen-bond donors (Lipinski definition) is 2. The Labute approximate surface area is 195 Å². The molecule has 0 bridgehead atoms. The van der Waals surface area contributed by atoms with E-state index < -0.39 is 15.9 Å². The van der Waals surface area contributed by atoms with Gasteiger partial charge in [0.1, 0.15) is 11.5 Å². The van der Waals surface area contributed by atoms with Crippen LogP contribution in [0, 0.1) is 6.92 Å². The van der Waals surface area contributed by atoms with Gasteiger partial charge in [-0.3, -0.25) is 10.1 Å². The van der Waals surface area contributed by atoms with Crippen LogP contribution in [0.3, 0.4) is 0 Å². The number of thiazole rings is 1. The molecule has 0 aliphatic heterocycles. The van der Waals surface area contributed by atoms with Gasteiger partial charge in [-0.1, -0.05) is 6.07 Å². The predicted molar refractivity (Wildman–Crippen MR) is 126 cm³/mol. The van der Waals surface area contributed by atoms with Crippen LogP contribution in [0.15, 0.2) is 75.6 Å². The number of ether oxygens (including phenoxy) is 1. The van der Waals surface area contributed by atoms with Crippen molar-refractivity contribution in [3.8, 4) is 17.0 Å². The SMILES string of the molecule is COc1ccc(-c2csc(NC(=O)c3cc(S(=O)(=O)NCc4ccco4)ccc3C)n2)cc1. The van der Waals surface area contributed by atoms with Crippen molar-refractivity contribution in [2.75, 3.05) is 12.4 Å². The lowest BCUT2D eigenvalue weighted by atomic mass is 10.1. The van der Waals surface area contributed by atoms with Gasteiger partial charge < -0.3 is 9.15 Å². The number of carbonyl (C=O) groups excluding carboxylic acids is 1. The molecular formula is C23H21N3O5S2. The standard InChI is InChI=1S/C23H21N3O5S2/c1-15-5-10-19(33(28,29)24-13-18-4-3-11-31-18)12-20(15)22(27)26-23-25-21(14-32-23)16-6-8-17(30-2)9-7-16/h3-12,14,24H,13H2,1-2H3,(H,25,26,27). The zero-order valence-corrected chi connectivity index (χ0v) is 19.5. The second kappa shape index (κ2) is 9.57. The van der Waals surface area contributed by atoms with Gasteiger partial charge in [0.05, 0.1) is 30.5 Å². The number of carbonyl (C=O) groups is 1. The number of nitrogens with one attached hydrogen (secondary N) is 2. The van der Waals surface area contributed by atoms with E-state index in [9.17, 15) is 13.2 Å². The first kappa shape index (κ1) is 22.7. The summed E-state index contributed by atoms with van der Waals surface area (Å²) in [5.41, 5.74) is 2.49. The van der Waals surface area contributed by atoms with Crippen molar-refractivity contribution < 1.29 is 22.4 Å². The molecule has 2 N–H and O–H groups in total. The van der Waals surface area contributed by atoms with Gasteiger partial charge in [-0.15, -0.1) is 11.3 Å². The molecule has 0 unspecified atom stereocenters. The summed E-state index contributed by atoms with van der Waals surface area (Å²) < 4.78 is 38.1. The number of furan rings is 1. The van der Waals surface area contributed by atoms with Crippen LogP contribution >= 0.6 is 11.3 Å². The lowest BCUT2D eigenvalue weighted by molar-refractivity contribution is 0.102. The minimum absolute atomic E-state index is 0.0112. The average Bonchev–Trinajstić information content (AvgIpc) is 3.50. The summed E-state index contributed by atoms with van der Waals surface area (Å²) in [6.45, 7) is 1.75. The van der Waals surface area contributed by atoms with E-state index in [2.05, 4.69) is 15.0 Å². The van der Waals surface area contributed by atoms with Crippen LogP contribution in [0.1, 0.15) is 21.7 Å². The monoisotopic (exact) mass is 483 g/mol. The first-order valence-corrected chi connectivity index (χ1v) is 12.3. The van der Waals surface area contributed by atoms with Crippen LogP contribution in [-0.2, 0) is 16.6 Å². The Hall–Kier alpha value is -3.47. The number of hydrogen-bond acceptors (Lipinski definition) is 7. The highest BCUT2D eigenvalue weighted by Gasteiger charge is 2.19. The number of benzene rings is 2. The zero-order chi connectivity index (χ0) is 23.4.